The van der Waals surface area contributed by atoms with Gasteiger partial charge in [-0.1, -0.05) is 50.5 Å². The molecule has 1 aliphatic carbocycles. The summed E-state index contributed by atoms with van der Waals surface area (Å²) < 4.78 is 0. The molecule has 1 fully saturated rings. The summed E-state index contributed by atoms with van der Waals surface area (Å²) in [5.41, 5.74) is 2.04. The van der Waals surface area contributed by atoms with E-state index in [1.165, 1.54) is 32.1 Å². The third-order valence-corrected chi connectivity index (χ3v) is 4.75. The summed E-state index contributed by atoms with van der Waals surface area (Å²) in [6, 6.07) is 7.83. The van der Waals surface area contributed by atoms with E-state index >= 15 is 0 Å². The van der Waals surface area contributed by atoms with Crippen LogP contribution in [0.4, 0.5) is 0 Å². The molecule has 0 heterocycles. The van der Waals surface area contributed by atoms with Crippen LogP contribution in [0.3, 0.4) is 0 Å². The predicted octanol–water partition coefficient (Wildman–Crippen LogP) is 3.62. The lowest BCUT2D eigenvalue weighted by atomic mass is 9.81. The van der Waals surface area contributed by atoms with E-state index in [-0.39, 0.29) is 6.42 Å². The average molecular weight is 289 g/mol. The Labute approximate surface area is 127 Å². The molecule has 0 amide bonds. The quantitative estimate of drug-likeness (QED) is 0.806. The number of benzene rings is 1. The molecule has 0 atom stereocenters. The largest absolute Gasteiger partial charge is 0.481 e. The van der Waals surface area contributed by atoms with Crippen molar-refractivity contribution in [3.8, 4) is 0 Å². The van der Waals surface area contributed by atoms with Crippen LogP contribution in [0.1, 0.15) is 50.2 Å². The first-order valence-electron chi connectivity index (χ1n) is 8.18. The highest BCUT2D eigenvalue weighted by molar-refractivity contribution is 5.70. The van der Waals surface area contributed by atoms with Gasteiger partial charge in [-0.3, -0.25) is 4.79 Å². The Bertz CT molecular complexity index is 450. The summed E-state index contributed by atoms with van der Waals surface area (Å²) in [5.74, 6) is 0.970. The van der Waals surface area contributed by atoms with Gasteiger partial charge in [0.15, 0.2) is 0 Å². The summed E-state index contributed by atoms with van der Waals surface area (Å²) in [6.07, 6.45) is 6.85. The average Bonchev–Trinajstić information content (AvgIpc) is 2.49. The molecule has 1 saturated carbocycles. The van der Waals surface area contributed by atoms with Gasteiger partial charge in [-0.2, -0.15) is 0 Å². The molecule has 0 aromatic heterocycles. The summed E-state index contributed by atoms with van der Waals surface area (Å²) in [4.78, 5) is 10.9. The maximum atomic E-state index is 10.9. The molecule has 0 unspecified atom stereocenters. The second-order valence-corrected chi connectivity index (χ2v) is 6.27. The Morgan fingerprint density at radius 3 is 2.38 bits per heavy atom. The van der Waals surface area contributed by atoms with E-state index in [0.717, 1.165) is 36.1 Å². The number of hydrogen-bond donors (Lipinski definition) is 2. The Hall–Kier alpha value is -1.35. The van der Waals surface area contributed by atoms with Crippen molar-refractivity contribution in [2.45, 2.75) is 52.0 Å². The first-order valence-corrected chi connectivity index (χ1v) is 8.18. The lowest BCUT2D eigenvalue weighted by molar-refractivity contribution is -0.136. The Balaban J connectivity index is 1.77. The zero-order valence-corrected chi connectivity index (χ0v) is 13.0. The Kier molecular flexibility index (Phi) is 6.24. The number of carboxylic acid groups (broad SMARTS) is 1. The highest BCUT2D eigenvalue weighted by Crippen LogP contribution is 2.30. The molecule has 0 aliphatic heterocycles. The fraction of sp³-hybridized carbons (Fsp3) is 0.611. The normalized spacial score (nSPS) is 22.1. The van der Waals surface area contributed by atoms with Crippen molar-refractivity contribution < 1.29 is 9.90 Å². The van der Waals surface area contributed by atoms with Crippen LogP contribution in [-0.2, 0) is 17.8 Å². The second-order valence-electron chi connectivity index (χ2n) is 6.27. The molecule has 2 rings (SSSR count). The molecule has 0 saturated heterocycles. The van der Waals surface area contributed by atoms with E-state index in [4.69, 9.17) is 5.11 Å². The first-order chi connectivity index (χ1) is 10.2. The van der Waals surface area contributed by atoms with Crippen molar-refractivity contribution in [2.75, 3.05) is 6.54 Å². The molecule has 1 aromatic carbocycles. The lowest BCUT2D eigenvalue weighted by Gasteiger charge is -2.28. The minimum absolute atomic E-state index is 0.111. The number of aliphatic carboxylic acids is 1. The van der Waals surface area contributed by atoms with Gasteiger partial charge in [-0.25, -0.2) is 0 Å². The van der Waals surface area contributed by atoms with Crippen LogP contribution < -0.4 is 5.32 Å². The number of carboxylic acids is 1. The van der Waals surface area contributed by atoms with E-state index in [1.54, 1.807) is 0 Å². The molecule has 116 valence electrons. The van der Waals surface area contributed by atoms with E-state index < -0.39 is 5.97 Å². The van der Waals surface area contributed by atoms with Crippen LogP contribution in [0.15, 0.2) is 24.3 Å². The van der Waals surface area contributed by atoms with Crippen LogP contribution in [0, 0.1) is 11.8 Å². The number of carbonyl (C=O) groups is 1. The van der Waals surface area contributed by atoms with Gasteiger partial charge in [0.2, 0.25) is 0 Å². The number of hydrogen-bond acceptors (Lipinski definition) is 2. The highest BCUT2D eigenvalue weighted by Gasteiger charge is 2.19. The van der Waals surface area contributed by atoms with Gasteiger partial charge < -0.3 is 10.4 Å². The molecule has 0 spiro atoms. The lowest BCUT2D eigenvalue weighted by Crippen LogP contribution is -2.26. The van der Waals surface area contributed by atoms with Crippen molar-refractivity contribution in [3.05, 3.63) is 35.4 Å². The van der Waals surface area contributed by atoms with Crippen LogP contribution in [0.25, 0.3) is 0 Å². The maximum absolute atomic E-state index is 10.9. The third-order valence-electron chi connectivity index (χ3n) is 4.75. The van der Waals surface area contributed by atoms with Crippen molar-refractivity contribution in [1.29, 1.82) is 0 Å². The van der Waals surface area contributed by atoms with Gasteiger partial charge in [0, 0.05) is 6.54 Å². The predicted molar refractivity (Wildman–Crippen MR) is 85.2 cm³/mol. The molecular weight excluding hydrogens is 262 g/mol. The smallest absolute Gasteiger partial charge is 0.307 e. The highest BCUT2D eigenvalue weighted by atomic mass is 16.4. The molecule has 3 nitrogen and oxygen atoms in total. The van der Waals surface area contributed by atoms with Crippen LogP contribution in [0.5, 0.6) is 0 Å². The number of nitrogens with one attached hydrogen (secondary N) is 1. The van der Waals surface area contributed by atoms with E-state index in [2.05, 4.69) is 12.2 Å². The Morgan fingerprint density at radius 1 is 1.14 bits per heavy atom. The van der Waals surface area contributed by atoms with E-state index in [9.17, 15) is 4.79 Å². The topological polar surface area (TPSA) is 49.3 Å². The summed E-state index contributed by atoms with van der Waals surface area (Å²) in [5, 5.41) is 12.5. The molecule has 1 aromatic rings. The minimum Gasteiger partial charge on any atom is -0.481 e. The van der Waals surface area contributed by atoms with Crippen LogP contribution in [-0.4, -0.2) is 17.6 Å². The second kappa shape index (κ2) is 8.18. The molecule has 3 heteroatoms. The van der Waals surface area contributed by atoms with Crippen molar-refractivity contribution in [1.82, 2.24) is 5.32 Å². The van der Waals surface area contributed by atoms with Gasteiger partial charge >= 0.3 is 5.97 Å². The molecule has 2 N–H and O–H groups in total. The molecule has 0 bridgehead atoms. The first kappa shape index (κ1) is 16.0. The van der Waals surface area contributed by atoms with Gasteiger partial charge in [-0.05, 0) is 42.3 Å². The van der Waals surface area contributed by atoms with E-state index in [0.29, 0.717) is 0 Å². The van der Waals surface area contributed by atoms with Gasteiger partial charge in [-0.15, -0.1) is 0 Å². The maximum Gasteiger partial charge on any atom is 0.307 e. The fourth-order valence-corrected chi connectivity index (χ4v) is 3.32. The summed E-state index contributed by atoms with van der Waals surface area (Å²) >= 11 is 0. The molecule has 21 heavy (non-hydrogen) atoms. The van der Waals surface area contributed by atoms with Gasteiger partial charge in [0.1, 0.15) is 0 Å². The Morgan fingerprint density at radius 2 is 1.76 bits per heavy atom. The molecular formula is C18H27NO2. The third kappa shape index (κ3) is 5.16. The van der Waals surface area contributed by atoms with Crippen molar-refractivity contribution in [3.63, 3.8) is 0 Å². The van der Waals surface area contributed by atoms with Gasteiger partial charge in [0.25, 0.3) is 0 Å². The SMILES string of the molecule is CCC1CCC(CNCc2ccccc2CC(=O)O)CC1. The molecule has 1 aliphatic rings. The number of rotatable bonds is 7. The van der Waals surface area contributed by atoms with Crippen LogP contribution in [0.2, 0.25) is 0 Å². The standard InChI is InChI=1S/C18H27NO2/c1-2-14-7-9-15(10-8-14)12-19-13-17-6-4-3-5-16(17)11-18(20)21/h3-6,14-15,19H,2,7-13H2,1H3,(H,20,21). The minimum atomic E-state index is -0.764. The summed E-state index contributed by atoms with van der Waals surface area (Å²) in [6.45, 7) is 4.12. The zero-order chi connectivity index (χ0) is 15.1. The van der Waals surface area contributed by atoms with Crippen LogP contribution >= 0.6 is 0 Å². The monoisotopic (exact) mass is 289 g/mol. The van der Waals surface area contributed by atoms with E-state index in [1.807, 2.05) is 24.3 Å². The van der Waals surface area contributed by atoms with Crippen molar-refractivity contribution >= 4 is 5.97 Å². The fourth-order valence-electron chi connectivity index (χ4n) is 3.32. The van der Waals surface area contributed by atoms with Crippen molar-refractivity contribution in [2.24, 2.45) is 11.8 Å². The van der Waals surface area contributed by atoms with Gasteiger partial charge in [0.05, 0.1) is 6.42 Å². The zero-order valence-electron chi connectivity index (χ0n) is 13.0. The summed E-state index contributed by atoms with van der Waals surface area (Å²) in [7, 11) is 0. The molecule has 0 radical (unpaired) electrons.